The van der Waals surface area contributed by atoms with Crippen LogP contribution in [0.1, 0.15) is 31.7 Å². The lowest BCUT2D eigenvalue weighted by Gasteiger charge is -2.34. The standard InChI is InChI=1S/C22H29N3O/c1-18(16-22(26)24-20-10-6-3-7-11-20)23-21-12-14-25(15-13-21)17-19-8-4-2-5-9-19/h2-11,18,21,23H,12-17H2,1H3,(H,24,26). The summed E-state index contributed by atoms with van der Waals surface area (Å²) in [7, 11) is 0. The van der Waals surface area contributed by atoms with Crippen LogP contribution in [0.5, 0.6) is 0 Å². The summed E-state index contributed by atoms with van der Waals surface area (Å²) in [5.74, 6) is 0.0673. The van der Waals surface area contributed by atoms with Crippen LogP contribution in [0, 0.1) is 0 Å². The maximum absolute atomic E-state index is 12.2. The number of nitrogens with zero attached hydrogens (tertiary/aromatic N) is 1. The number of para-hydroxylation sites is 1. The van der Waals surface area contributed by atoms with Crippen molar-refractivity contribution in [2.75, 3.05) is 18.4 Å². The summed E-state index contributed by atoms with van der Waals surface area (Å²) in [6.07, 6.45) is 2.77. The monoisotopic (exact) mass is 351 g/mol. The van der Waals surface area contributed by atoms with E-state index in [-0.39, 0.29) is 11.9 Å². The predicted molar refractivity (Wildman–Crippen MR) is 107 cm³/mol. The minimum Gasteiger partial charge on any atom is -0.326 e. The Morgan fingerprint density at radius 3 is 2.31 bits per heavy atom. The number of amides is 1. The molecule has 1 aliphatic heterocycles. The van der Waals surface area contributed by atoms with E-state index in [1.54, 1.807) is 0 Å². The van der Waals surface area contributed by atoms with Gasteiger partial charge in [-0.15, -0.1) is 0 Å². The van der Waals surface area contributed by atoms with E-state index in [0.717, 1.165) is 38.2 Å². The van der Waals surface area contributed by atoms with Crippen molar-refractivity contribution in [3.05, 3.63) is 66.2 Å². The molecule has 2 aromatic carbocycles. The molecule has 26 heavy (non-hydrogen) atoms. The van der Waals surface area contributed by atoms with Crippen LogP contribution in [-0.4, -0.2) is 36.0 Å². The molecule has 1 aliphatic rings. The SMILES string of the molecule is CC(CC(=O)Nc1ccccc1)NC1CCN(Cc2ccccc2)CC1. The van der Waals surface area contributed by atoms with Gasteiger partial charge in [-0.1, -0.05) is 48.5 Å². The first kappa shape index (κ1) is 18.6. The maximum Gasteiger partial charge on any atom is 0.225 e. The molecule has 2 aromatic rings. The smallest absolute Gasteiger partial charge is 0.225 e. The minimum atomic E-state index is 0.0673. The van der Waals surface area contributed by atoms with Crippen molar-refractivity contribution < 1.29 is 4.79 Å². The molecule has 0 bridgehead atoms. The normalized spacial score (nSPS) is 17.0. The number of likely N-dealkylation sites (tertiary alicyclic amines) is 1. The van der Waals surface area contributed by atoms with E-state index < -0.39 is 0 Å². The summed E-state index contributed by atoms with van der Waals surface area (Å²) in [6.45, 7) is 5.34. The average molecular weight is 351 g/mol. The number of benzene rings is 2. The topological polar surface area (TPSA) is 44.4 Å². The van der Waals surface area contributed by atoms with Gasteiger partial charge in [-0.2, -0.15) is 0 Å². The van der Waals surface area contributed by atoms with Gasteiger partial charge in [0.1, 0.15) is 0 Å². The van der Waals surface area contributed by atoms with E-state index in [2.05, 4.69) is 52.8 Å². The molecule has 4 heteroatoms. The zero-order valence-electron chi connectivity index (χ0n) is 15.5. The highest BCUT2D eigenvalue weighted by molar-refractivity contribution is 5.90. The largest absolute Gasteiger partial charge is 0.326 e. The molecule has 1 fully saturated rings. The van der Waals surface area contributed by atoms with Crippen LogP contribution in [0.25, 0.3) is 0 Å². The highest BCUT2D eigenvalue weighted by Crippen LogP contribution is 2.15. The summed E-state index contributed by atoms with van der Waals surface area (Å²) >= 11 is 0. The molecule has 1 unspecified atom stereocenters. The zero-order chi connectivity index (χ0) is 18.2. The first-order valence-corrected chi connectivity index (χ1v) is 9.56. The third-order valence-electron chi connectivity index (χ3n) is 4.91. The van der Waals surface area contributed by atoms with E-state index in [1.165, 1.54) is 5.56 Å². The van der Waals surface area contributed by atoms with Crippen LogP contribution >= 0.6 is 0 Å². The highest BCUT2D eigenvalue weighted by Gasteiger charge is 2.21. The van der Waals surface area contributed by atoms with Crippen LogP contribution in [-0.2, 0) is 11.3 Å². The van der Waals surface area contributed by atoms with Crippen molar-refractivity contribution in [2.45, 2.75) is 44.8 Å². The Morgan fingerprint density at radius 1 is 1.04 bits per heavy atom. The molecule has 1 saturated heterocycles. The van der Waals surface area contributed by atoms with Crippen LogP contribution in [0.3, 0.4) is 0 Å². The maximum atomic E-state index is 12.2. The van der Waals surface area contributed by atoms with Crippen molar-refractivity contribution in [3.8, 4) is 0 Å². The summed E-state index contributed by atoms with van der Waals surface area (Å²) in [6, 6.07) is 21.0. The quantitative estimate of drug-likeness (QED) is 0.800. The van der Waals surface area contributed by atoms with Crippen LogP contribution < -0.4 is 10.6 Å². The first-order valence-electron chi connectivity index (χ1n) is 9.56. The number of piperidine rings is 1. The van der Waals surface area contributed by atoms with Crippen molar-refractivity contribution in [1.82, 2.24) is 10.2 Å². The lowest BCUT2D eigenvalue weighted by Crippen LogP contribution is -2.45. The Hall–Kier alpha value is -2.17. The van der Waals surface area contributed by atoms with Gasteiger partial charge in [0, 0.05) is 30.7 Å². The number of hydrogen-bond donors (Lipinski definition) is 2. The van der Waals surface area contributed by atoms with Gasteiger partial charge in [0.15, 0.2) is 0 Å². The second-order valence-electron chi connectivity index (χ2n) is 7.22. The molecule has 0 aromatic heterocycles. The number of carbonyl (C=O) groups is 1. The molecule has 2 N–H and O–H groups in total. The average Bonchev–Trinajstić information content (AvgIpc) is 2.65. The molecule has 4 nitrogen and oxygen atoms in total. The van der Waals surface area contributed by atoms with Crippen LogP contribution in [0.4, 0.5) is 5.69 Å². The second kappa shape index (κ2) is 9.51. The van der Waals surface area contributed by atoms with Gasteiger partial charge in [0.2, 0.25) is 5.91 Å². The third kappa shape index (κ3) is 5.97. The van der Waals surface area contributed by atoms with Crippen molar-refractivity contribution in [3.63, 3.8) is 0 Å². The zero-order valence-corrected chi connectivity index (χ0v) is 15.5. The Morgan fingerprint density at radius 2 is 1.65 bits per heavy atom. The Bertz CT molecular complexity index is 666. The van der Waals surface area contributed by atoms with E-state index in [4.69, 9.17) is 0 Å². The Kier molecular flexibility index (Phi) is 6.81. The van der Waals surface area contributed by atoms with E-state index >= 15 is 0 Å². The fourth-order valence-electron chi connectivity index (χ4n) is 3.57. The lowest BCUT2D eigenvalue weighted by molar-refractivity contribution is -0.116. The van der Waals surface area contributed by atoms with Crippen molar-refractivity contribution in [1.29, 1.82) is 0 Å². The molecule has 138 valence electrons. The van der Waals surface area contributed by atoms with Crippen LogP contribution in [0.15, 0.2) is 60.7 Å². The molecule has 0 saturated carbocycles. The van der Waals surface area contributed by atoms with Gasteiger partial charge < -0.3 is 10.6 Å². The van der Waals surface area contributed by atoms with E-state index in [1.807, 2.05) is 30.3 Å². The second-order valence-corrected chi connectivity index (χ2v) is 7.22. The Balaban J connectivity index is 1.36. The number of anilines is 1. The molecule has 0 spiro atoms. The van der Waals surface area contributed by atoms with Gasteiger partial charge in [0.25, 0.3) is 0 Å². The highest BCUT2D eigenvalue weighted by atomic mass is 16.1. The molecular formula is C22H29N3O. The summed E-state index contributed by atoms with van der Waals surface area (Å²) in [5, 5.41) is 6.59. The number of rotatable bonds is 7. The summed E-state index contributed by atoms with van der Waals surface area (Å²) in [5.41, 5.74) is 2.24. The Labute approximate surface area is 156 Å². The van der Waals surface area contributed by atoms with Crippen molar-refractivity contribution in [2.24, 2.45) is 0 Å². The molecule has 1 amide bonds. The molecule has 0 radical (unpaired) electrons. The molecule has 0 aliphatic carbocycles. The number of carbonyl (C=O) groups excluding carboxylic acids is 1. The fourth-order valence-corrected chi connectivity index (χ4v) is 3.57. The van der Waals surface area contributed by atoms with Crippen LogP contribution in [0.2, 0.25) is 0 Å². The summed E-state index contributed by atoms with van der Waals surface area (Å²) in [4.78, 5) is 14.7. The minimum absolute atomic E-state index is 0.0673. The van der Waals surface area contributed by atoms with Gasteiger partial charge in [-0.05, 0) is 50.6 Å². The number of hydrogen-bond acceptors (Lipinski definition) is 3. The van der Waals surface area contributed by atoms with Gasteiger partial charge in [-0.25, -0.2) is 0 Å². The molecule has 3 rings (SSSR count). The summed E-state index contributed by atoms with van der Waals surface area (Å²) < 4.78 is 0. The van der Waals surface area contributed by atoms with Gasteiger partial charge >= 0.3 is 0 Å². The molecular weight excluding hydrogens is 322 g/mol. The fraction of sp³-hybridized carbons (Fsp3) is 0.409. The van der Waals surface area contributed by atoms with E-state index in [9.17, 15) is 4.79 Å². The van der Waals surface area contributed by atoms with E-state index in [0.29, 0.717) is 12.5 Å². The molecule has 1 heterocycles. The third-order valence-corrected chi connectivity index (χ3v) is 4.91. The number of nitrogens with one attached hydrogen (secondary N) is 2. The van der Waals surface area contributed by atoms with Gasteiger partial charge in [0.05, 0.1) is 0 Å². The molecule has 1 atom stereocenters. The van der Waals surface area contributed by atoms with Crippen molar-refractivity contribution >= 4 is 11.6 Å². The lowest BCUT2D eigenvalue weighted by atomic mass is 10.0. The predicted octanol–water partition coefficient (Wildman–Crippen LogP) is 3.66. The van der Waals surface area contributed by atoms with Gasteiger partial charge in [-0.3, -0.25) is 9.69 Å². The first-order chi connectivity index (χ1) is 12.7.